The lowest BCUT2D eigenvalue weighted by Crippen LogP contribution is -2.50. The highest BCUT2D eigenvalue weighted by molar-refractivity contribution is 5.91. The smallest absolute Gasteiger partial charge is 0.304 e. The minimum atomic E-state index is -1.03. The molecule has 2 atom stereocenters. The number of ether oxygens (including phenoxy) is 1. The second kappa shape index (κ2) is 16.2. The molecular formula is C35H41N3O5. The number of amides is 2. The van der Waals surface area contributed by atoms with E-state index in [0.717, 1.165) is 53.5 Å². The monoisotopic (exact) mass is 583 g/mol. The molecule has 0 bridgehead atoms. The summed E-state index contributed by atoms with van der Waals surface area (Å²) in [6.45, 7) is 0.426. The molecule has 0 unspecified atom stereocenters. The third-order valence-corrected chi connectivity index (χ3v) is 7.76. The van der Waals surface area contributed by atoms with Crippen molar-refractivity contribution >= 4 is 28.7 Å². The van der Waals surface area contributed by atoms with Crippen molar-refractivity contribution in [1.82, 2.24) is 15.6 Å². The van der Waals surface area contributed by atoms with E-state index in [1.54, 1.807) is 7.11 Å². The van der Waals surface area contributed by atoms with Gasteiger partial charge in [0.15, 0.2) is 0 Å². The molecular weight excluding hydrogens is 542 g/mol. The summed E-state index contributed by atoms with van der Waals surface area (Å²) in [5, 5.41) is 16.4. The minimum Gasteiger partial charge on any atom is -0.497 e. The van der Waals surface area contributed by atoms with Gasteiger partial charge in [0.1, 0.15) is 11.8 Å². The second-order valence-electron chi connectivity index (χ2n) is 10.9. The molecule has 4 aromatic rings. The molecule has 4 N–H and O–H groups in total. The number of aliphatic carboxylic acids is 1. The fourth-order valence-corrected chi connectivity index (χ4v) is 5.34. The van der Waals surface area contributed by atoms with Gasteiger partial charge < -0.3 is 25.5 Å². The standard InChI is InChI=1S/C35H41N3O5/c1-43-29-18-16-26(17-19-29)12-6-3-7-13-27(23-33(39)40)34(41)38-32(22-28-24-37-31-15-9-8-14-30(28)31)35(42)36-21-20-25-10-4-2-5-11-25/h2,4-5,8-11,14-19,24,27,32,37H,3,6-7,12-13,20-23H2,1H3,(H,36,42)(H,38,41)(H,39,40)/t27-,32+/m1/s1. The molecule has 3 aromatic carbocycles. The number of nitrogens with one attached hydrogen (secondary N) is 3. The van der Waals surface area contributed by atoms with E-state index < -0.39 is 23.8 Å². The normalized spacial score (nSPS) is 12.4. The number of aromatic amines is 1. The van der Waals surface area contributed by atoms with Crippen LogP contribution in [0.1, 0.15) is 48.8 Å². The van der Waals surface area contributed by atoms with E-state index in [9.17, 15) is 19.5 Å². The van der Waals surface area contributed by atoms with Gasteiger partial charge in [-0.2, -0.15) is 0 Å². The third kappa shape index (κ3) is 9.74. The first kappa shape index (κ1) is 31.3. The summed E-state index contributed by atoms with van der Waals surface area (Å²) in [5.74, 6) is -1.62. The Balaban J connectivity index is 1.37. The van der Waals surface area contributed by atoms with Gasteiger partial charge in [-0.05, 0) is 60.6 Å². The number of unbranched alkanes of at least 4 members (excludes halogenated alkanes) is 2. The number of H-pyrrole nitrogens is 1. The molecule has 0 radical (unpaired) electrons. The molecule has 0 saturated carbocycles. The number of aromatic nitrogens is 1. The van der Waals surface area contributed by atoms with Crippen molar-refractivity contribution in [2.24, 2.45) is 5.92 Å². The minimum absolute atomic E-state index is 0.278. The van der Waals surface area contributed by atoms with Gasteiger partial charge in [-0.15, -0.1) is 0 Å². The molecule has 4 rings (SSSR count). The van der Waals surface area contributed by atoms with Gasteiger partial charge in [-0.25, -0.2) is 0 Å². The highest BCUT2D eigenvalue weighted by Gasteiger charge is 2.28. The lowest BCUT2D eigenvalue weighted by molar-refractivity contribution is -0.141. The fraction of sp³-hybridized carbons (Fsp3) is 0.343. The van der Waals surface area contributed by atoms with E-state index in [-0.39, 0.29) is 18.7 Å². The molecule has 8 nitrogen and oxygen atoms in total. The molecule has 0 spiro atoms. The summed E-state index contributed by atoms with van der Waals surface area (Å²) in [6, 6.07) is 24.8. The van der Waals surface area contributed by atoms with Crippen LogP contribution in [0.25, 0.3) is 10.9 Å². The topological polar surface area (TPSA) is 121 Å². The van der Waals surface area contributed by atoms with E-state index >= 15 is 0 Å². The number of rotatable bonds is 17. The van der Waals surface area contributed by atoms with Crippen molar-refractivity contribution in [2.75, 3.05) is 13.7 Å². The zero-order valence-electron chi connectivity index (χ0n) is 24.7. The maximum Gasteiger partial charge on any atom is 0.304 e. The lowest BCUT2D eigenvalue weighted by Gasteiger charge is -2.22. The first-order valence-corrected chi connectivity index (χ1v) is 14.9. The fourth-order valence-electron chi connectivity index (χ4n) is 5.34. The molecule has 0 fully saturated rings. The van der Waals surface area contributed by atoms with Gasteiger partial charge in [-0.3, -0.25) is 14.4 Å². The molecule has 0 aliphatic carbocycles. The number of carboxylic acids is 1. The average Bonchev–Trinajstić information content (AvgIpc) is 3.43. The number of carboxylic acid groups (broad SMARTS) is 1. The predicted octanol–water partition coefficient (Wildman–Crippen LogP) is 5.46. The Morgan fingerprint density at radius 1 is 0.837 bits per heavy atom. The number of methoxy groups -OCH3 is 1. The number of carbonyl (C=O) groups excluding carboxylic acids is 2. The molecule has 1 aromatic heterocycles. The van der Waals surface area contributed by atoms with E-state index in [1.807, 2.05) is 85.1 Å². The Labute approximate surface area is 252 Å². The number of aryl methyl sites for hydroxylation is 1. The van der Waals surface area contributed by atoms with Crippen LogP contribution in [0.5, 0.6) is 5.75 Å². The summed E-state index contributed by atoms with van der Waals surface area (Å²) in [5.41, 5.74) is 4.17. The van der Waals surface area contributed by atoms with Crippen LogP contribution < -0.4 is 15.4 Å². The number of fused-ring (bicyclic) bond motifs is 1. The first-order chi connectivity index (χ1) is 20.9. The van der Waals surface area contributed by atoms with E-state index in [4.69, 9.17) is 4.74 Å². The molecule has 2 amide bonds. The van der Waals surface area contributed by atoms with Crippen LogP contribution in [0.2, 0.25) is 0 Å². The number of hydrogen-bond acceptors (Lipinski definition) is 4. The average molecular weight is 584 g/mol. The van der Waals surface area contributed by atoms with Crippen LogP contribution in [0.4, 0.5) is 0 Å². The van der Waals surface area contributed by atoms with Gasteiger partial charge in [0.25, 0.3) is 0 Å². The Bertz CT molecular complexity index is 1470. The van der Waals surface area contributed by atoms with Gasteiger partial charge in [0.2, 0.25) is 11.8 Å². The summed E-state index contributed by atoms with van der Waals surface area (Å²) >= 11 is 0. The number of carbonyl (C=O) groups is 3. The zero-order valence-corrected chi connectivity index (χ0v) is 24.7. The van der Waals surface area contributed by atoms with Crippen molar-refractivity contribution in [3.8, 4) is 5.75 Å². The van der Waals surface area contributed by atoms with E-state index in [2.05, 4.69) is 15.6 Å². The van der Waals surface area contributed by atoms with E-state index in [1.165, 1.54) is 5.56 Å². The van der Waals surface area contributed by atoms with Crippen molar-refractivity contribution in [3.05, 3.63) is 102 Å². The van der Waals surface area contributed by atoms with Crippen LogP contribution in [-0.2, 0) is 33.6 Å². The molecule has 8 heteroatoms. The summed E-state index contributed by atoms with van der Waals surface area (Å²) in [6.07, 6.45) is 6.39. The molecule has 0 aliphatic rings. The van der Waals surface area contributed by atoms with Crippen molar-refractivity contribution in [3.63, 3.8) is 0 Å². The predicted molar refractivity (Wildman–Crippen MR) is 168 cm³/mol. The number of benzene rings is 3. The molecule has 0 saturated heterocycles. The van der Waals surface area contributed by atoms with Crippen molar-refractivity contribution in [1.29, 1.82) is 0 Å². The van der Waals surface area contributed by atoms with Crippen LogP contribution in [0.15, 0.2) is 85.1 Å². The zero-order chi connectivity index (χ0) is 30.4. The summed E-state index contributed by atoms with van der Waals surface area (Å²) in [4.78, 5) is 41.7. The highest BCUT2D eigenvalue weighted by Crippen LogP contribution is 2.21. The highest BCUT2D eigenvalue weighted by atomic mass is 16.5. The number of hydrogen-bond donors (Lipinski definition) is 4. The Morgan fingerprint density at radius 2 is 1.56 bits per heavy atom. The Kier molecular flexibility index (Phi) is 11.8. The maximum absolute atomic E-state index is 13.5. The largest absolute Gasteiger partial charge is 0.497 e. The SMILES string of the molecule is COc1ccc(CCCCC[C@H](CC(=O)O)C(=O)N[C@@H](Cc2c[nH]c3ccccc23)C(=O)NCCc2ccccc2)cc1. The van der Waals surface area contributed by atoms with Gasteiger partial charge >= 0.3 is 5.97 Å². The first-order valence-electron chi connectivity index (χ1n) is 14.9. The molecule has 1 heterocycles. The van der Waals surface area contributed by atoms with Crippen LogP contribution >= 0.6 is 0 Å². The Hall–Kier alpha value is -4.59. The second-order valence-corrected chi connectivity index (χ2v) is 10.9. The van der Waals surface area contributed by atoms with Crippen molar-refractivity contribution in [2.45, 2.75) is 57.4 Å². The number of para-hydroxylation sites is 1. The van der Waals surface area contributed by atoms with Crippen molar-refractivity contribution < 1.29 is 24.2 Å². The lowest BCUT2D eigenvalue weighted by atomic mass is 9.95. The van der Waals surface area contributed by atoms with E-state index in [0.29, 0.717) is 19.4 Å². The third-order valence-electron chi connectivity index (χ3n) is 7.76. The molecule has 226 valence electrons. The van der Waals surface area contributed by atoms with Crippen LogP contribution in [-0.4, -0.2) is 47.6 Å². The van der Waals surface area contributed by atoms with Crippen LogP contribution in [0.3, 0.4) is 0 Å². The Morgan fingerprint density at radius 3 is 2.30 bits per heavy atom. The summed E-state index contributed by atoms with van der Waals surface area (Å²) < 4.78 is 5.21. The van der Waals surface area contributed by atoms with Gasteiger partial charge in [0.05, 0.1) is 13.5 Å². The van der Waals surface area contributed by atoms with Gasteiger partial charge in [-0.1, -0.05) is 73.5 Å². The van der Waals surface area contributed by atoms with Crippen LogP contribution in [0, 0.1) is 5.92 Å². The maximum atomic E-state index is 13.5. The van der Waals surface area contributed by atoms with Gasteiger partial charge in [0, 0.05) is 36.0 Å². The quantitative estimate of drug-likeness (QED) is 0.123. The molecule has 0 aliphatic heterocycles. The molecule has 43 heavy (non-hydrogen) atoms. The summed E-state index contributed by atoms with van der Waals surface area (Å²) in [7, 11) is 1.64.